The number of benzene rings is 2. The lowest BCUT2D eigenvalue weighted by Crippen LogP contribution is -2.68. The number of hydrogen-bond acceptors (Lipinski definition) is 8. The monoisotopic (exact) mass is 625 g/mol. The van der Waals surface area contributed by atoms with Crippen LogP contribution in [0, 0.1) is 0 Å². The van der Waals surface area contributed by atoms with Crippen LogP contribution >= 0.6 is 0 Å². The van der Waals surface area contributed by atoms with Crippen molar-refractivity contribution in [1.29, 1.82) is 0 Å². The molecule has 3 aliphatic heterocycles. The van der Waals surface area contributed by atoms with E-state index in [0.717, 1.165) is 5.39 Å². The van der Waals surface area contributed by atoms with Crippen molar-refractivity contribution in [2.75, 3.05) is 19.7 Å². The molecule has 0 radical (unpaired) electrons. The molecule has 6 rings (SSSR count). The number of carbonyl (C=O) groups is 5. The van der Waals surface area contributed by atoms with Crippen LogP contribution in [0.15, 0.2) is 79.0 Å². The number of esters is 1. The van der Waals surface area contributed by atoms with E-state index in [2.05, 4.69) is 15.6 Å². The number of aromatic nitrogens is 1. The van der Waals surface area contributed by atoms with Gasteiger partial charge < -0.3 is 29.9 Å². The first-order valence-corrected chi connectivity index (χ1v) is 15.4. The molecule has 4 amide bonds. The molecule has 0 aliphatic carbocycles. The average molecular weight is 626 g/mol. The Morgan fingerprint density at radius 1 is 0.957 bits per heavy atom. The SMILES string of the molecule is CCOC1OC(=O)CC1NC(=O)[C@@H]1CN(C(=O)c2ccccc2)C[C@@H]2C/C=C\C[C@H](NC(=O)c3nccc4ccccc34)C(=O)N21. The Morgan fingerprint density at radius 3 is 2.52 bits per heavy atom. The number of cyclic esters (lactones) is 1. The van der Waals surface area contributed by atoms with E-state index < -0.39 is 54.1 Å². The van der Waals surface area contributed by atoms with Gasteiger partial charge in [0.15, 0.2) is 0 Å². The molecule has 4 heterocycles. The molecule has 2 unspecified atom stereocenters. The maximum Gasteiger partial charge on any atom is 0.310 e. The van der Waals surface area contributed by atoms with Crippen LogP contribution in [0.1, 0.15) is 47.0 Å². The Balaban J connectivity index is 1.30. The van der Waals surface area contributed by atoms with E-state index in [0.29, 0.717) is 17.4 Å². The second-order valence-corrected chi connectivity index (χ2v) is 11.5. The molecule has 46 heavy (non-hydrogen) atoms. The zero-order valence-corrected chi connectivity index (χ0v) is 25.3. The first-order chi connectivity index (χ1) is 22.3. The van der Waals surface area contributed by atoms with Gasteiger partial charge in [-0.05, 0) is 43.4 Å². The lowest BCUT2D eigenvalue weighted by Gasteiger charge is -2.47. The van der Waals surface area contributed by atoms with Crippen LogP contribution in [0.3, 0.4) is 0 Å². The Labute approximate surface area is 265 Å². The minimum Gasteiger partial charge on any atom is -0.433 e. The average Bonchev–Trinajstić information content (AvgIpc) is 3.42. The van der Waals surface area contributed by atoms with E-state index in [1.807, 2.05) is 36.4 Å². The molecule has 238 valence electrons. The smallest absolute Gasteiger partial charge is 0.310 e. The highest BCUT2D eigenvalue weighted by Crippen LogP contribution is 2.26. The largest absolute Gasteiger partial charge is 0.433 e. The summed E-state index contributed by atoms with van der Waals surface area (Å²) < 4.78 is 10.8. The van der Waals surface area contributed by atoms with E-state index in [-0.39, 0.29) is 44.1 Å². The van der Waals surface area contributed by atoms with Gasteiger partial charge in [0.1, 0.15) is 23.8 Å². The molecule has 3 aromatic rings. The van der Waals surface area contributed by atoms with Crippen LogP contribution in [0.2, 0.25) is 0 Å². The number of carbonyl (C=O) groups excluding carboxylic acids is 5. The Kier molecular flexibility index (Phi) is 9.06. The summed E-state index contributed by atoms with van der Waals surface area (Å²) in [5.41, 5.74) is 0.649. The summed E-state index contributed by atoms with van der Waals surface area (Å²) >= 11 is 0. The van der Waals surface area contributed by atoms with Crippen molar-refractivity contribution >= 4 is 40.4 Å². The van der Waals surface area contributed by atoms with Gasteiger partial charge in [0.05, 0.1) is 19.0 Å². The van der Waals surface area contributed by atoms with E-state index in [1.165, 1.54) is 4.90 Å². The number of nitrogens with one attached hydrogen (secondary N) is 2. The van der Waals surface area contributed by atoms with E-state index in [9.17, 15) is 24.0 Å². The van der Waals surface area contributed by atoms with Gasteiger partial charge in [0, 0.05) is 30.3 Å². The minimum atomic E-state index is -1.11. The molecular formula is C34H35N5O7. The molecule has 2 saturated heterocycles. The van der Waals surface area contributed by atoms with Crippen LogP contribution in [-0.4, -0.2) is 94.5 Å². The third-order valence-corrected chi connectivity index (χ3v) is 8.48. The molecule has 2 N–H and O–H groups in total. The summed E-state index contributed by atoms with van der Waals surface area (Å²) in [7, 11) is 0. The van der Waals surface area contributed by atoms with Crippen LogP contribution in [-0.2, 0) is 23.9 Å². The first kappa shape index (κ1) is 30.9. The van der Waals surface area contributed by atoms with Crippen molar-refractivity contribution in [1.82, 2.24) is 25.4 Å². The topological polar surface area (TPSA) is 147 Å². The predicted octanol–water partition coefficient (Wildman–Crippen LogP) is 2.20. The third-order valence-electron chi connectivity index (χ3n) is 8.48. The van der Waals surface area contributed by atoms with Gasteiger partial charge in [-0.3, -0.25) is 29.0 Å². The van der Waals surface area contributed by atoms with Crippen LogP contribution < -0.4 is 10.6 Å². The van der Waals surface area contributed by atoms with Crippen molar-refractivity contribution in [3.8, 4) is 0 Å². The number of piperazine rings is 1. The van der Waals surface area contributed by atoms with Gasteiger partial charge in [-0.15, -0.1) is 0 Å². The van der Waals surface area contributed by atoms with Crippen LogP contribution in [0.4, 0.5) is 0 Å². The van der Waals surface area contributed by atoms with Gasteiger partial charge in [-0.25, -0.2) is 0 Å². The number of rotatable bonds is 7. The highest BCUT2D eigenvalue weighted by Gasteiger charge is 2.46. The maximum atomic E-state index is 14.4. The standard InChI is InChI=1S/C34H35N5O7/c1-2-45-34-26(18-28(40)46-34)37-30(41)27-20-38(32(43)22-11-4-3-5-12-22)19-23-13-7-9-15-25(33(44)39(23)27)36-31(42)29-24-14-8-6-10-21(24)16-17-35-29/h3-12,14,16-17,23,25-27,34H,2,13,15,18-20H2,1H3,(H,36,42)(H,37,41)/b9-7-/t23-,25-,26?,27-,34?/m0/s1. The Morgan fingerprint density at radius 2 is 1.72 bits per heavy atom. The summed E-state index contributed by atoms with van der Waals surface area (Å²) in [4.78, 5) is 75.0. The Bertz CT molecular complexity index is 1670. The number of pyridine rings is 1. The fraction of sp³-hybridized carbons (Fsp3) is 0.353. The fourth-order valence-corrected chi connectivity index (χ4v) is 6.29. The van der Waals surface area contributed by atoms with Crippen LogP contribution in [0.5, 0.6) is 0 Å². The molecule has 0 saturated carbocycles. The summed E-state index contributed by atoms with van der Waals surface area (Å²) in [5, 5.41) is 7.19. The summed E-state index contributed by atoms with van der Waals surface area (Å²) in [5.74, 6) is -2.29. The fourth-order valence-electron chi connectivity index (χ4n) is 6.29. The van der Waals surface area contributed by atoms with Crippen molar-refractivity contribution < 1.29 is 33.4 Å². The summed E-state index contributed by atoms with van der Waals surface area (Å²) in [6.07, 6.45) is 4.82. The van der Waals surface area contributed by atoms with Crippen molar-refractivity contribution in [2.24, 2.45) is 0 Å². The highest BCUT2D eigenvalue weighted by molar-refractivity contribution is 6.06. The first-order valence-electron chi connectivity index (χ1n) is 15.4. The van der Waals surface area contributed by atoms with E-state index in [1.54, 1.807) is 54.4 Å². The molecule has 3 aliphatic rings. The van der Waals surface area contributed by atoms with Crippen molar-refractivity contribution in [2.45, 2.75) is 56.6 Å². The van der Waals surface area contributed by atoms with Gasteiger partial charge in [-0.1, -0.05) is 54.6 Å². The van der Waals surface area contributed by atoms with Gasteiger partial charge >= 0.3 is 5.97 Å². The molecule has 5 atom stereocenters. The predicted molar refractivity (Wildman–Crippen MR) is 166 cm³/mol. The number of nitrogens with zero attached hydrogens (tertiary/aromatic N) is 3. The third kappa shape index (κ3) is 6.34. The molecule has 12 nitrogen and oxygen atoms in total. The minimum absolute atomic E-state index is 0.0854. The molecule has 2 fully saturated rings. The maximum absolute atomic E-state index is 14.4. The lowest BCUT2D eigenvalue weighted by atomic mass is 9.96. The molecule has 12 heteroatoms. The second kappa shape index (κ2) is 13.5. The zero-order chi connectivity index (χ0) is 32.2. The molecule has 1 aromatic heterocycles. The zero-order valence-electron chi connectivity index (χ0n) is 25.3. The van der Waals surface area contributed by atoms with Gasteiger partial charge in [0.2, 0.25) is 18.1 Å². The second-order valence-electron chi connectivity index (χ2n) is 11.5. The normalized spacial score (nSPS) is 25.2. The van der Waals surface area contributed by atoms with Crippen molar-refractivity contribution in [3.05, 3.63) is 90.3 Å². The number of fused-ring (bicyclic) bond motifs is 2. The number of ether oxygens (including phenoxy) is 2. The van der Waals surface area contributed by atoms with Crippen molar-refractivity contribution in [3.63, 3.8) is 0 Å². The number of amides is 4. The van der Waals surface area contributed by atoms with Gasteiger partial charge in [0.25, 0.3) is 11.8 Å². The van der Waals surface area contributed by atoms with E-state index >= 15 is 0 Å². The quantitative estimate of drug-likeness (QED) is 0.300. The lowest BCUT2D eigenvalue weighted by molar-refractivity contribution is -0.165. The summed E-state index contributed by atoms with van der Waals surface area (Å²) in [6.45, 7) is 2.11. The number of hydrogen-bond donors (Lipinski definition) is 2. The molecule has 0 spiro atoms. The van der Waals surface area contributed by atoms with E-state index in [4.69, 9.17) is 9.47 Å². The van der Waals surface area contributed by atoms with Gasteiger partial charge in [-0.2, -0.15) is 0 Å². The molecule has 2 aromatic carbocycles. The summed E-state index contributed by atoms with van der Waals surface area (Å²) in [6, 6.07) is 14.5. The molecule has 0 bridgehead atoms. The highest BCUT2D eigenvalue weighted by atomic mass is 16.7. The Hall–Kier alpha value is -5.10. The van der Waals surface area contributed by atoms with Crippen LogP contribution in [0.25, 0.3) is 10.8 Å². The molecular weight excluding hydrogens is 590 g/mol.